The molecule has 0 aliphatic heterocycles. The standard InChI is InChI=1S/C27H31N3.Co/c1-18(2)24-14-20(5)10-12-26(24)28-16-22-8-7-9-23(30-22)17-29-27-13-11-21(6)15-25(27)19(3)4;/h7-19H,1-6H3;. The van der Waals surface area contributed by atoms with Crippen molar-refractivity contribution in [2.45, 2.75) is 53.4 Å². The van der Waals surface area contributed by atoms with E-state index >= 15 is 0 Å². The van der Waals surface area contributed by atoms with Crippen LogP contribution in [0.5, 0.6) is 0 Å². The Bertz CT molecular complexity index is 999. The molecule has 3 aromatic rings. The van der Waals surface area contributed by atoms with E-state index in [-0.39, 0.29) is 16.8 Å². The van der Waals surface area contributed by atoms with Crippen molar-refractivity contribution >= 4 is 23.8 Å². The molecule has 0 atom stereocenters. The van der Waals surface area contributed by atoms with Crippen molar-refractivity contribution in [3.8, 4) is 0 Å². The average molecular weight is 456 g/mol. The van der Waals surface area contributed by atoms with Gasteiger partial charge in [0.05, 0.1) is 35.2 Å². The summed E-state index contributed by atoms with van der Waals surface area (Å²) in [5.41, 5.74) is 8.66. The maximum atomic E-state index is 4.71. The number of benzene rings is 2. The van der Waals surface area contributed by atoms with Gasteiger partial charge in [0, 0.05) is 16.8 Å². The normalized spacial score (nSPS) is 11.6. The maximum absolute atomic E-state index is 4.71. The molecule has 31 heavy (non-hydrogen) atoms. The summed E-state index contributed by atoms with van der Waals surface area (Å²) in [5.74, 6) is 0.848. The van der Waals surface area contributed by atoms with Crippen molar-refractivity contribution in [2.24, 2.45) is 9.98 Å². The predicted octanol–water partition coefficient (Wildman–Crippen LogP) is 7.44. The van der Waals surface area contributed by atoms with Crippen LogP contribution < -0.4 is 0 Å². The van der Waals surface area contributed by atoms with Crippen LogP contribution in [0.3, 0.4) is 0 Å². The smallest absolute Gasteiger partial charge is 0.0820 e. The Balaban J connectivity index is 0.00000341. The van der Waals surface area contributed by atoms with E-state index in [0.29, 0.717) is 11.8 Å². The third kappa shape index (κ3) is 6.71. The van der Waals surface area contributed by atoms with E-state index in [1.54, 1.807) is 0 Å². The van der Waals surface area contributed by atoms with Crippen molar-refractivity contribution in [3.05, 3.63) is 88.2 Å². The summed E-state index contributed by atoms with van der Waals surface area (Å²) in [6.07, 6.45) is 3.67. The molecule has 4 heteroatoms. The summed E-state index contributed by atoms with van der Waals surface area (Å²) >= 11 is 0. The zero-order chi connectivity index (χ0) is 21.7. The van der Waals surface area contributed by atoms with Gasteiger partial charge < -0.3 is 0 Å². The van der Waals surface area contributed by atoms with Gasteiger partial charge in [-0.1, -0.05) is 69.2 Å². The van der Waals surface area contributed by atoms with Crippen LogP contribution in [0.15, 0.2) is 64.6 Å². The van der Waals surface area contributed by atoms with Gasteiger partial charge in [-0.2, -0.15) is 0 Å². The van der Waals surface area contributed by atoms with Gasteiger partial charge >= 0.3 is 0 Å². The topological polar surface area (TPSA) is 37.6 Å². The SMILES string of the molecule is Cc1ccc(N=Cc2cccc(C=Nc3ccc(C)cc3C(C)C)n2)c(C(C)C)c1.[Co]. The molecule has 1 aromatic heterocycles. The number of hydrogen-bond acceptors (Lipinski definition) is 3. The van der Waals surface area contributed by atoms with E-state index < -0.39 is 0 Å². The maximum Gasteiger partial charge on any atom is 0.0820 e. The van der Waals surface area contributed by atoms with Crippen LogP contribution in [0.2, 0.25) is 0 Å². The van der Waals surface area contributed by atoms with E-state index in [4.69, 9.17) is 9.98 Å². The summed E-state index contributed by atoms with van der Waals surface area (Å²) in [5, 5.41) is 0. The van der Waals surface area contributed by atoms with Crippen molar-refractivity contribution < 1.29 is 16.8 Å². The van der Waals surface area contributed by atoms with Crippen LogP contribution in [0.25, 0.3) is 0 Å². The second-order valence-electron chi connectivity index (χ2n) is 8.44. The first kappa shape index (κ1) is 24.7. The van der Waals surface area contributed by atoms with E-state index in [2.05, 4.69) is 82.9 Å². The van der Waals surface area contributed by atoms with Gasteiger partial charge in [-0.25, -0.2) is 4.98 Å². The molecule has 0 aliphatic carbocycles. The Morgan fingerprint density at radius 3 is 1.48 bits per heavy atom. The number of pyridine rings is 1. The number of nitrogens with zero attached hydrogens (tertiary/aromatic N) is 3. The molecular weight excluding hydrogens is 425 g/mol. The first-order valence-electron chi connectivity index (χ1n) is 10.6. The van der Waals surface area contributed by atoms with Gasteiger partial charge in [-0.3, -0.25) is 9.98 Å². The summed E-state index contributed by atoms with van der Waals surface area (Å²) in [6, 6.07) is 18.7. The fourth-order valence-corrected chi connectivity index (χ4v) is 3.39. The van der Waals surface area contributed by atoms with Crippen LogP contribution in [-0.2, 0) is 16.8 Å². The molecule has 163 valence electrons. The molecule has 1 radical (unpaired) electrons. The number of rotatable bonds is 6. The summed E-state index contributed by atoms with van der Waals surface area (Å²) < 4.78 is 0. The molecule has 0 aliphatic rings. The second kappa shape index (κ2) is 11.2. The van der Waals surface area contributed by atoms with E-state index in [1.807, 2.05) is 30.6 Å². The molecule has 0 fully saturated rings. The molecular formula is C27H31CoN3. The number of aliphatic imine (C=N–C) groups is 2. The Morgan fingerprint density at radius 1 is 0.677 bits per heavy atom. The first-order valence-corrected chi connectivity index (χ1v) is 10.6. The van der Waals surface area contributed by atoms with Crippen molar-refractivity contribution in [3.63, 3.8) is 0 Å². The van der Waals surface area contributed by atoms with Crippen LogP contribution in [0.1, 0.15) is 73.2 Å². The van der Waals surface area contributed by atoms with Gasteiger partial charge in [0.2, 0.25) is 0 Å². The molecule has 0 saturated heterocycles. The zero-order valence-electron chi connectivity index (χ0n) is 19.2. The molecule has 3 nitrogen and oxygen atoms in total. The fraction of sp³-hybridized carbons (Fsp3) is 0.296. The molecule has 0 bridgehead atoms. The Labute approximate surface area is 197 Å². The van der Waals surface area contributed by atoms with E-state index in [0.717, 1.165) is 22.8 Å². The quantitative estimate of drug-likeness (QED) is 0.355. The van der Waals surface area contributed by atoms with Crippen LogP contribution >= 0.6 is 0 Å². The zero-order valence-corrected chi connectivity index (χ0v) is 20.2. The Morgan fingerprint density at radius 2 is 1.10 bits per heavy atom. The van der Waals surface area contributed by atoms with Gasteiger partial charge in [0.1, 0.15) is 0 Å². The number of aryl methyl sites for hydroxylation is 2. The summed E-state index contributed by atoms with van der Waals surface area (Å²) in [4.78, 5) is 14.1. The van der Waals surface area contributed by atoms with E-state index in [9.17, 15) is 0 Å². The molecule has 3 rings (SSSR count). The van der Waals surface area contributed by atoms with Crippen LogP contribution in [0, 0.1) is 13.8 Å². The monoisotopic (exact) mass is 456 g/mol. The largest absolute Gasteiger partial charge is 0.254 e. The molecule has 0 saturated carbocycles. The van der Waals surface area contributed by atoms with Gasteiger partial charge in [-0.05, 0) is 61.1 Å². The first-order chi connectivity index (χ1) is 14.3. The molecule has 0 spiro atoms. The number of aromatic nitrogens is 1. The van der Waals surface area contributed by atoms with Crippen molar-refractivity contribution in [2.75, 3.05) is 0 Å². The minimum Gasteiger partial charge on any atom is -0.254 e. The van der Waals surface area contributed by atoms with E-state index in [1.165, 1.54) is 22.3 Å². The van der Waals surface area contributed by atoms with Crippen molar-refractivity contribution in [1.82, 2.24) is 4.98 Å². The predicted molar refractivity (Wildman–Crippen MR) is 129 cm³/mol. The molecule has 0 amide bonds. The Kier molecular flexibility index (Phi) is 8.90. The third-order valence-electron chi connectivity index (χ3n) is 5.07. The van der Waals surface area contributed by atoms with Gasteiger partial charge in [-0.15, -0.1) is 0 Å². The molecule has 2 aromatic carbocycles. The number of hydrogen-bond donors (Lipinski definition) is 0. The summed E-state index contributed by atoms with van der Waals surface area (Å²) in [6.45, 7) is 13.0. The molecule has 0 unspecified atom stereocenters. The Hall–Kier alpha value is -2.56. The second-order valence-corrected chi connectivity index (χ2v) is 8.44. The van der Waals surface area contributed by atoms with Crippen LogP contribution in [-0.4, -0.2) is 17.4 Å². The van der Waals surface area contributed by atoms with Gasteiger partial charge in [0.15, 0.2) is 0 Å². The van der Waals surface area contributed by atoms with Gasteiger partial charge in [0.25, 0.3) is 0 Å². The third-order valence-corrected chi connectivity index (χ3v) is 5.07. The van der Waals surface area contributed by atoms with Crippen LogP contribution in [0.4, 0.5) is 11.4 Å². The fourth-order valence-electron chi connectivity index (χ4n) is 3.39. The summed E-state index contributed by atoms with van der Waals surface area (Å²) in [7, 11) is 0. The molecule has 1 heterocycles. The minimum atomic E-state index is 0. The van der Waals surface area contributed by atoms with Crippen molar-refractivity contribution in [1.29, 1.82) is 0 Å². The minimum absolute atomic E-state index is 0. The average Bonchev–Trinajstić information content (AvgIpc) is 2.72. The molecule has 0 N–H and O–H groups in total.